The van der Waals surface area contributed by atoms with Crippen LogP contribution in [0, 0.1) is 0 Å². The van der Waals surface area contributed by atoms with E-state index < -0.39 is 0 Å². The van der Waals surface area contributed by atoms with Gasteiger partial charge in [0.25, 0.3) is 0 Å². The molecule has 1 amide bonds. The number of thioether (sulfide) groups is 1. The largest absolute Gasteiger partial charge is 0.370 e. The number of amides is 1. The smallest absolute Gasteiger partial charge is 0.217 e. The van der Waals surface area contributed by atoms with E-state index in [4.69, 9.17) is 5.73 Å². The van der Waals surface area contributed by atoms with Crippen LogP contribution in [0.1, 0.15) is 19.8 Å². The van der Waals surface area contributed by atoms with Crippen molar-refractivity contribution in [1.82, 2.24) is 0 Å². The third kappa shape index (κ3) is 2.93. The molecule has 4 heteroatoms. The molecule has 3 nitrogen and oxygen atoms in total. The van der Waals surface area contributed by atoms with Gasteiger partial charge in [-0.25, -0.2) is 0 Å². The van der Waals surface area contributed by atoms with Crippen LogP contribution in [-0.2, 0) is 4.79 Å². The van der Waals surface area contributed by atoms with E-state index in [9.17, 15) is 4.79 Å². The van der Waals surface area contributed by atoms with E-state index >= 15 is 0 Å². The first-order valence-electron chi connectivity index (χ1n) is 3.64. The number of aliphatic imine (C=N–C) groups is 1. The SMILES string of the molecule is CC1=NC(CCC(N)=O)CS1. The molecule has 11 heavy (non-hydrogen) atoms. The van der Waals surface area contributed by atoms with Crippen LogP contribution in [0.3, 0.4) is 0 Å². The monoisotopic (exact) mass is 172 g/mol. The molecule has 0 bridgehead atoms. The third-order valence-corrected chi connectivity index (χ3v) is 2.65. The molecule has 0 saturated heterocycles. The number of hydrogen-bond donors (Lipinski definition) is 1. The Kier molecular flexibility index (Phi) is 2.93. The van der Waals surface area contributed by atoms with Crippen LogP contribution in [0.4, 0.5) is 0 Å². The molecule has 1 rings (SSSR count). The number of primary amides is 1. The standard InChI is InChI=1S/C7H12N2OS/c1-5-9-6(4-11-5)2-3-7(8)10/h6H,2-4H2,1H3,(H2,8,10). The van der Waals surface area contributed by atoms with Crippen LogP contribution in [0.2, 0.25) is 0 Å². The van der Waals surface area contributed by atoms with Crippen LogP contribution in [0.5, 0.6) is 0 Å². The summed E-state index contributed by atoms with van der Waals surface area (Å²) >= 11 is 1.75. The van der Waals surface area contributed by atoms with Crippen molar-refractivity contribution < 1.29 is 4.79 Å². The minimum atomic E-state index is -0.227. The molecule has 62 valence electrons. The number of nitrogens with two attached hydrogens (primary N) is 1. The summed E-state index contributed by atoms with van der Waals surface area (Å²) in [5.41, 5.74) is 5.01. The van der Waals surface area contributed by atoms with E-state index in [1.165, 1.54) is 0 Å². The summed E-state index contributed by atoms with van der Waals surface area (Å²) in [6.07, 6.45) is 1.27. The molecule has 1 aliphatic heterocycles. The maximum absolute atomic E-state index is 10.4. The Bertz CT molecular complexity index is 191. The van der Waals surface area contributed by atoms with Crippen LogP contribution in [-0.4, -0.2) is 22.7 Å². The quantitative estimate of drug-likeness (QED) is 0.684. The number of rotatable bonds is 3. The highest BCUT2D eigenvalue weighted by atomic mass is 32.2. The highest BCUT2D eigenvalue weighted by Gasteiger charge is 2.15. The molecule has 0 fully saturated rings. The van der Waals surface area contributed by atoms with Gasteiger partial charge in [-0.3, -0.25) is 9.79 Å². The Labute approximate surface area is 70.4 Å². The Balaban J connectivity index is 2.23. The average Bonchev–Trinajstić information content (AvgIpc) is 2.31. The van der Waals surface area contributed by atoms with Gasteiger partial charge in [0.2, 0.25) is 5.91 Å². The van der Waals surface area contributed by atoms with Crippen molar-refractivity contribution in [3.05, 3.63) is 0 Å². The first kappa shape index (κ1) is 8.59. The zero-order valence-electron chi connectivity index (χ0n) is 6.54. The predicted molar refractivity (Wildman–Crippen MR) is 47.8 cm³/mol. The number of carbonyl (C=O) groups excluding carboxylic acids is 1. The molecule has 0 aromatic heterocycles. The summed E-state index contributed by atoms with van der Waals surface area (Å²) in [7, 11) is 0. The van der Waals surface area contributed by atoms with Gasteiger partial charge in [-0.1, -0.05) is 0 Å². The number of nitrogens with zero attached hydrogens (tertiary/aromatic N) is 1. The molecule has 1 aliphatic rings. The third-order valence-electron chi connectivity index (χ3n) is 1.57. The van der Waals surface area contributed by atoms with Crippen LogP contribution in [0.15, 0.2) is 4.99 Å². The fourth-order valence-electron chi connectivity index (χ4n) is 1.01. The minimum Gasteiger partial charge on any atom is -0.370 e. The molecule has 2 N–H and O–H groups in total. The molecular formula is C7H12N2OS. The van der Waals surface area contributed by atoms with Crippen molar-refractivity contribution in [2.45, 2.75) is 25.8 Å². The van der Waals surface area contributed by atoms with Crippen molar-refractivity contribution in [2.24, 2.45) is 10.7 Å². The van der Waals surface area contributed by atoms with Gasteiger partial charge in [0.15, 0.2) is 0 Å². The molecule has 0 aliphatic carbocycles. The topological polar surface area (TPSA) is 55.4 Å². The fourth-order valence-corrected chi connectivity index (χ4v) is 1.90. The van der Waals surface area contributed by atoms with Crippen LogP contribution in [0.25, 0.3) is 0 Å². The van der Waals surface area contributed by atoms with Gasteiger partial charge in [-0.2, -0.15) is 0 Å². The molecule has 0 radical (unpaired) electrons. The highest BCUT2D eigenvalue weighted by Crippen LogP contribution is 2.20. The lowest BCUT2D eigenvalue weighted by atomic mass is 10.2. The normalized spacial score (nSPS) is 23.4. The average molecular weight is 172 g/mol. The number of hydrogen-bond acceptors (Lipinski definition) is 3. The van der Waals surface area contributed by atoms with E-state index in [2.05, 4.69) is 4.99 Å². The molecule has 0 spiro atoms. The van der Waals surface area contributed by atoms with Gasteiger partial charge in [-0.05, 0) is 13.3 Å². The van der Waals surface area contributed by atoms with E-state index in [0.717, 1.165) is 17.2 Å². The van der Waals surface area contributed by atoms with Crippen LogP contribution < -0.4 is 5.73 Å². The fraction of sp³-hybridized carbons (Fsp3) is 0.714. The lowest BCUT2D eigenvalue weighted by Crippen LogP contribution is -2.14. The van der Waals surface area contributed by atoms with Crippen molar-refractivity contribution in [3.63, 3.8) is 0 Å². The molecule has 0 aromatic carbocycles. The lowest BCUT2D eigenvalue weighted by molar-refractivity contribution is -0.118. The first-order valence-corrected chi connectivity index (χ1v) is 4.62. The highest BCUT2D eigenvalue weighted by molar-refractivity contribution is 8.14. The van der Waals surface area contributed by atoms with E-state index in [1.807, 2.05) is 6.92 Å². The van der Waals surface area contributed by atoms with Gasteiger partial charge < -0.3 is 5.73 Å². The van der Waals surface area contributed by atoms with E-state index in [0.29, 0.717) is 12.5 Å². The molecule has 1 heterocycles. The second-order valence-electron chi connectivity index (χ2n) is 2.62. The van der Waals surface area contributed by atoms with Gasteiger partial charge in [0.1, 0.15) is 0 Å². The maximum atomic E-state index is 10.4. The zero-order valence-corrected chi connectivity index (χ0v) is 7.36. The summed E-state index contributed by atoms with van der Waals surface area (Å²) in [6, 6.07) is 0.326. The molecule has 0 saturated carbocycles. The van der Waals surface area contributed by atoms with Gasteiger partial charge in [0, 0.05) is 12.2 Å². The van der Waals surface area contributed by atoms with Crippen molar-refractivity contribution in [1.29, 1.82) is 0 Å². The summed E-state index contributed by atoms with van der Waals surface area (Å²) in [4.78, 5) is 14.7. The number of carbonyl (C=O) groups is 1. The van der Waals surface area contributed by atoms with Gasteiger partial charge in [-0.15, -0.1) is 11.8 Å². The van der Waals surface area contributed by atoms with Crippen molar-refractivity contribution in [2.75, 3.05) is 5.75 Å². The maximum Gasteiger partial charge on any atom is 0.217 e. The lowest BCUT2D eigenvalue weighted by Gasteiger charge is -2.01. The second kappa shape index (κ2) is 3.76. The first-order chi connectivity index (χ1) is 5.18. The molecule has 0 aromatic rings. The molecule has 1 atom stereocenters. The van der Waals surface area contributed by atoms with Crippen molar-refractivity contribution in [3.8, 4) is 0 Å². The Hall–Kier alpha value is -0.510. The van der Waals surface area contributed by atoms with Gasteiger partial charge in [0.05, 0.1) is 11.1 Å². The molecular weight excluding hydrogens is 160 g/mol. The summed E-state index contributed by atoms with van der Waals surface area (Å²) < 4.78 is 0. The van der Waals surface area contributed by atoms with Crippen LogP contribution >= 0.6 is 11.8 Å². The Morgan fingerprint density at radius 2 is 2.64 bits per heavy atom. The predicted octanol–water partition coefficient (Wildman–Crippen LogP) is 0.786. The summed E-state index contributed by atoms with van der Waals surface area (Å²) in [6.45, 7) is 1.99. The van der Waals surface area contributed by atoms with E-state index in [-0.39, 0.29) is 5.91 Å². The summed E-state index contributed by atoms with van der Waals surface area (Å²) in [5, 5.41) is 1.12. The zero-order chi connectivity index (χ0) is 8.27. The second-order valence-corrected chi connectivity index (χ2v) is 3.83. The molecule has 1 unspecified atom stereocenters. The Morgan fingerprint density at radius 3 is 3.09 bits per heavy atom. The minimum absolute atomic E-state index is 0.227. The van der Waals surface area contributed by atoms with Gasteiger partial charge >= 0.3 is 0 Å². The summed E-state index contributed by atoms with van der Waals surface area (Å²) in [5.74, 6) is 0.786. The Morgan fingerprint density at radius 1 is 1.91 bits per heavy atom. The van der Waals surface area contributed by atoms with Crippen molar-refractivity contribution >= 4 is 22.7 Å². The van der Waals surface area contributed by atoms with E-state index in [1.54, 1.807) is 11.8 Å².